The maximum absolute atomic E-state index is 11.2. The summed E-state index contributed by atoms with van der Waals surface area (Å²) in [5.74, 6) is 2.28. The van der Waals surface area contributed by atoms with Gasteiger partial charge in [-0.1, -0.05) is 5.92 Å². The molecule has 0 bridgehead atoms. The Morgan fingerprint density at radius 2 is 2.50 bits per heavy atom. The van der Waals surface area contributed by atoms with Crippen LogP contribution in [0.3, 0.4) is 0 Å². The Morgan fingerprint density at radius 3 is 3.00 bits per heavy atom. The van der Waals surface area contributed by atoms with Crippen LogP contribution in [0.25, 0.3) is 0 Å². The number of aromatic nitrogens is 2. The van der Waals surface area contributed by atoms with Gasteiger partial charge in [-0.15, -0.1) is 6.42 Å². The minimum Gasteiger partial charge on any atom is -0.311 e. The van der Waals surface area contributed by atoms with E-state index >= 15 is 0 Å². The molecule has 5 heteroatoms. The molecule has 1 aromatic heterocycles. The highest BCUT2D eigenvalue weighted by atomic mass is 16.2. The largest absolute Gasteiger partial charge is 0.350 e. The number of anilines is 1. The van der Waals surface area contributed by atoms with Gasteiger partial charge in [0.1, 0.15) is 5.82 Å². The molecule has 1 N–H and O–H groups in total. The van der Waals surface area contributed by atoms with Gasteiger partial charge in [0.05, 0.1) is 6.54 Å². The molecule has 1 heterocycles. The van der Waals surface area contributed by atoms with Crippen LogP contribution in [-0.2, 0) is 11.3 Å². The van der Waals surface area contributed by atoms with Crippen molar-refractivity contribution in [3.8, 4) is 12.3 Å². The second-order valence-corrected chi connectivity index (χ2v) is 2.61. The first-order valence-electron chi connectivity index (χ1n) is 3.92. The molecule has 0 aliphatic carbocycles. The van der Waals surface area contributed by atoms with Gasteiger partial charge in [-0.3, -0.25) is 9.36 Å². The summed E-state index contributed by atoms with van der Waals surface area (Å²) in [6.45, 7) is 1.51. The summed E-state index contributed by atoms with van der Waals surface area (Å²) < 4.78 is 1.27. The maximum Gasteiger partial charge on any atom is 0.350 e. The monoisotopic (exact) mass is 191 g/mol. The van der Waals surface area contributed by atoms with Crippen molar-refractivity contribution in [3.63, 3.8) is 0 Å². The summed E-state index contributed by atoms with van der Waals surface area (Å²) in [4.78, 5) is 25.5. The molecule has 0 aromatic carbocycles. The van der Waals surface area contributed by atoms with E-state index in [0.717, 1.165) is 0 Å². The van der Waals surface area contributed by atoms with Crippen LogP contribution in [0.5, 0.6) is 0 Å². The van der Waals surface area contributed by atoms with Crippen LogP contribution in [0.15, 0.2) is 17.1 Å². The Kier molecular flexibility index (Phi) is 3.02. The number of nitrogens with one attached hydrogen (secondary N) is 1. The lowest BCUT2D eigenvalue weighted by molar-refractivity contribution is -0.114. The van der Waals surface area contributed by atoms with Gasteiger partial charge in [0.15, 0.2) is 0 Å². The smallest absolute Gasteiger partial charge is 0.311 e. The lowest BCUT2D eigenvalue weighted by atomic mass is 10.5. The summed E-state index contributed by atoms with van der Waals surface area (Å²) in [5.41, 5.74) is -0.478. The standard InChI is InChI=1S/C9H9N3O2/c1-3-5-12-6-4-8(10-7(2)13)11-9(12)14/h1,4,6H,5H2,2H3,(H,10,11,13,14). The molecule has 1 aromatic rings. The summed E-state index contributed by atoms with van der Waals surface area (Å²) in [6, 6.07) is 1.51. The SMILES string of the molecule is C#CCn1ccc(NC(C)=O)nc1=O. The summed E-state index contributed by atoms with van der Waals surface area (Å²) >= 11 is 0. The lowest BCUT2D eigenvalue weighted by Crippen LogP contribution is -2.23. The highest BCUT2D eigenvalue weighted by molar-refractivity contribution is 5.87. The molecular weight excluding hydrogens is 182 g/mol. The highest BCUT2D eigenvalue weighted by Gasteiger charge is 1.99. The van der Waals surface area contributed by atoms with Gasteiger partial charge >= 0.3 is 5.69 Å². The number of nitrogens with zero attached hydrogens (tertiary/aromatic N) is 2. The number of rotatable bonds is 2. The Labute approximate surface area is 80.8 Å². The van der Waals surface area contributed by atoms with Crippen LogP contribution in [-0.4, -0.2) is 15.5 Å². The van der Waals surface area contributed by atoms with E-state index < -0.39 is 5.69 Å². The molecule has 0 aliphatic heterocycles. The van der Waals surface area contributed by atoms with Crippen molar-refractivity contribution < 1.29 is 4.79 Å². The molecule has 0 saturated heterocycles. The Hall–Kier alpha value is -2.09. The topological polar surface area (TPSA) is 64.0 Å². The van der Waals surface area contributed by atoms with E-state index in [4.69, 9.17) is 6.42 Å². The van der Waals surface area contributed by atoms with Crippen LogP contribution in [0.2, 0.25) is 0 Å². The second-order valence-electron chi connectivity index (χ2n) is 2.61. The normalized spacial score (nSPS) is 9.14. The molecule has 0 unspecified atom stereocenters. The fraction of sp³-hybridized carbons (Fsp3) is 0.222. The molecule has 0 atom stereocenters. The van der Waals surface area contributed by atoms with Gasteiger partial charge < -0.3 is 5.32 Å². The molecule has 0 fully saturated rings. The minimum absolute atomic E-state index is 0.173. The molecule has 0 aliphatic rings. The maximum atomic E-state index is 11.2. The van der Waals surface area contributed by atoms with E-state index in [1.165, 1.54) is 23.8 Å². The average Bonchev–Trinajstić information content (AvgIpc) is 2.09. The van der Waals surface area contributed by atoms with Crippen LogP contribution >= 0.6 is 0 Å². The van der Waals surface area contributed by atoms with E-state index in [-0.39, 0.29) is 18.3 Å². The number of amides is 1. The van der Waals surface area contributed by atoms with Gasteiger partial charge in [-0.25, -0.2) is 4.79 Å². The molecule has 5 nitrogen and oxygen atoms in total. The first kappa shape index (κ1) is 9.99. The fourth-order valence-corrected chi connectivity index (χ4v) is 0.898. The first-order valence-corrected chi connectivity index (χ1v) is 3.92. The third-order valence-electron chi connectivity index (χ3n) is 1.44. The third kappa shape index (κ3) is 2.45. The van der Waals surface area contributed by atoms with Crippen molar-refractivity contribution in [3.05, 3.63) is 22.7 Å². The predicted molar refractivity (Wildman–Crippen MR) is 51.6 cm³/mol. The summed E-state index contributed by atoms with van der Waals surface area (Å²) in [7, 11) is 0. The van der Waals surface area contributed by atoms with Crippen molar-refractivity contribution in [1.29, 1.82) is 0 Å². The quantitative estimate of drug-likeness (QED) is 0.660. The number of hydrogen-bond acceptors (Lipinski definition) is 3. The second kappa shape index (κ2) is 4.23. The zero-order valence-electron chi connectivity index (χ0n) is 7.65. The van der Waals surface area contributed by atoms with E-state index in [9.17, 15) is 9.59 Å². The van der Waals surface area contributed by atoms with Crippen molar-refractivity contribution >= 4 is 11.7 Å². The van der Waals surface area contributed by atoms with Crippen LogP contribution in [0.1, 0.15) is 6.92 Å². The molecule has 0 spiro atoms. The van der Waals surface area contributed by atoms with E-state index in [1.807, 2.05) is 0 Å². The highest BCUT2D eigenvalue weighted by Crippen LogP contribution is 1.96. The van der Waals surface area contributed by atoms with Gasteiger partial charge in [-0.2, -0.15) is 4.98 Å². The average molecular weight is 191 g/mol. The molecule has 0 saturated carbocycles. The fourth-order valence-electron chi connectivity index (χ4n) is 0.898. The molecule has 1 rings (SSSR count). The Bertz CT molecular complexity index is 442. The summed E-state index contributed by atoms with van der Waals surface area (Å²) in [5, 5.41) is 2.40. The molecule has 72 valence electrons. The van der Waals surface area contributed by atoms with Gasteiger partial charge in [0.2, 0.25) is 5.91 Å². The minimum atomic E-state index is -0.478. The van der Waals surface area contributed by atoms with Crippen LogP contribution in [0, 0.1) is 12.3 Å². The van der Waals surface area contributed by atoms with Crippen molar-refractivity contribution in [2.75, 3.05) is 5.32 Å². The zero-order chi connectivity index (χ0) is 10.6. The predicted octanol–water partition coefficient (Wildman–Crippen LogP) is -0.165. The van der Waals surface area contributed by atoms with E-state index in [2.05, 4.69) is 16.2 Å². The number of carbonyl (C=O) groups excluding carboxylic acids is 1. The Morgan fingerprint density at radius 1 is 1.79 bits per heavy atom. The third-order valence-corrected chi connectivity index (χ3v) is 1.44. The number of carbonyl (C=O) groups is 1. The zero-order valence-corrected chi connectivity index (χ0v) is 7.65. The molecule has 1 amide bonds. The Balaban J connectivity index is 2.96. The summed E-state index contributed by atoms with van der Waals surface area (Å²) in [6.07, 6.45) is 6.53. The molecule has 0 radical (unpaired) electrons. The van der Waals surface area contributed by atoms with Crippen LogP contribution < -0.4 is 11.0 Å². The number of hydrogen-bond donors (Lipinski definition) is 1. The molecule has 14 heavy (non-hydrogen) atoms. The number of terminal acetylenes is 1. The van der Waals surface area contributed by atoms with Crippen LogP contribution in [0.4, 0.5) is 5.82 Å². The van der Waals surface area contributed by atoms with Gasteiger partial charge in [-0.05, 0) is 6.07 Å². The van der Waals surface area contributed by atoms with Crippen molar-refractivity contribution in [1.82, 2.24) is 9.55 Å². The van der Waals surface area contributed by atoms with E-state index in [1.54, 1.807) is 0 Å². The van der Waals surface area contributed by atoms with Crippen molar-refractivity contribution in [2.24, 2.45) is 0 Å². The van der Waals surface area contributed by atoms with E-state index in [0.29, 0.717) is 0 Å². The first-order chi connectivity index (χ1) is 6.63. The van der Waals surface area contributed by atoms with Crippen molar-refractivity contribution in [2.45, 2.75) is 13.5 Å². The molecular formula is C9H9N3O2. The van der Waals surface area contributed by atoms with Gasteiger partial charge in [0.25, 0.3) is 0 Å². The lowest BCUT2D eigenvalue weighted by Gasteiger charge is -2.02. The van der Waals surface area contributed by atoms with Gasteiger partial charge in [0, 0.05) is 13.1 Å².